The first kappa shape index (κ1) is 12.6. The number of nitro benzene ring substituents is 1. The summed E-state index contributed by atoms with van der Waals surface area (Å²) in [5.41, 5.74) is -0.318. The van der Waals surface area contributed by atoms with Crippen LogP contribution in [0.15, 0.2) is 23.9 Å². The van der Waals surface area contributed by atoms with Crippen LogP contribution in [0.4, 0.5) is 5.69 Å². The van der Waals surface area contributed by atoms with Gasteiger partial charge in [-0.1, -0.05) is 6.07 Å². The summed E-state index contributed by atoms with van der Waals surface area (Å²) >= 11 is 0. The molecule has 0 spiro atoms. The van der Waals surface area contributed by atoms with Gasteiger partial charge in [0.2, 0.25) is 5.70 Å². The highest BCUT2D eigenvalue weighted by molar-refractivity contribution is 5.67. The Bertz CT molecular complexity index is 495. The van der Waals surface area contributed by atoms with Gasteiger partial charge in [-0.3, -0.25) is 20.2 Å². The summed E-state index contributed by atoms with van der Waals surface area (Å²) in [7, 11) is 1.30. The largest absolute Gasteiger partial charge is 0.490 e. The minimum Gasteiger partial charge on any atom is -0.490 e. The van der Waals surface area contributed by atoms with Gasteiger partial charge in [0, 0.05) is 13.0 Å². The van der Waals surface area contributed by atoms with E-state index in [2.05, 4.69) is 0 Å². The van der Waals surface area contributed by atoms with E-state index < -0.39 is 9.85 Å². The molecule has 0 fully saturated rings. The molecule has 1 aromatic rings. The molecular weight excluding hydrogens is 228 g/mol. The van der Waals surface area contributed by atoms with Crippen LogP contribution in [0, 0.1) is 20.2 Å². The lowest BCUT2D eigenvalue weighted by molar-refractivity contribution is -0.422. The van der Waals surface area contributed by atoms with Gasteiger partial charge in [0.1, 0.15) is 0 Å². The van der Waals surface area contributed by atoms with Crippen molar-refractivity contribution in [1.82, 2.24) is 0 Å². The molecule has 1 aromatic carbocycles. The number of nitrogens with zero attached hydrogens (tertiary/aromatic N) is 2. The minimum absolute atomic E-state index is 0.0693. The standard InChI is InChI=1S/C10H10N2O5/c1-7(11(13)14)6-8-4-3-5-9(17-2)10(8)12(15)16/h3-6H,1-2H3/b7-6-. The Morgan fingerprint density at radius 1 is 1.35 bits per heavy atom. The van der Waals surface area contributed by atoms with Crippen molar-refractivity contribution in [3.05, 3.63) is 49.7 Å². The van der Waals surface area contributed by atoms with Crippen molar-refractivity contribution in [2.45, 2.75) is 6.92 Å². The number of para-hydroxylation sites is 1. The molecule has 7 heteroatoms. The lowest BCUT2D eigenvalue weighted by Crippen LogP contribution is -1.98. The second kappa shape index (κ2) is 5.06. The molecule has 0 aromatic heterocycles. The Morgan fingerprint density at radius 3 is 2.47 bits per heavy atom. The average Bonchev–Trinajstić information content (AvgIpc) is 2.27. The Balaban J connectivity index is 3.38. The van der Waals surface area contributed by atoms with Crippen LogP contribution in [0.25, 0.3) is 6.08 Å². The first-order valence-corrected chi connectivity index (χ1v) is 4.61. The van der Waals surface area contributed by atoms with Crippen LogP contribution < -0.4 is 4.74 Å². The van der Waals surface area contributed by atoms with E-state index in [-0.39, 0.29) is 22.7 Å². The number of methoxy groups -OCH3 is 1. The maximum atomic E-state index is 10.9. The number of hydrogen-bond acceptors (Lipinski definition) is 5. The Labute approximate surface area is 96.6 Å². The van der Waals surface area contributed by atoms with Crippen molar-refractivity contribution in [3.63, 3.8) is 0 Å². The van der Waals surface area contributed by atoms with E-state index in [1.165, 1.54) is 32.2 Å². The zero-order valence-corrected chi connectivity index (χ0v) is 9.25. The van der Waals surface area contributed by atoms with Crippen LogP contribution in [0.5, 0.6) is 5.75 Å². The van der Waals surface area contributed by atoms with E-state index in [1.807, 2.05) is 0 Å². The molecule has 0 saturated carbocycles. The van der Waals surface area contributed by atoms with Crippen LogP contribution in [0.3, 0.4) is 0 Å². The molecule has 0 unspecified atom stereocenters. The number of allylic oxidation sites excluding steroid dienone is 1. The van der Waals surface area contributed by atoms with Crippen molar-refractivity contribution >= 4 is 11.8 Å². The van der Waals surface area contributed by atoms with Crippen LogP contribution >= 0.6 is 0 Å². The molecule has 0 atom stereocenters. The first-order valence-electron chi connectivity index (χ1n) is 4.61. The zero-order chi connectivity index (χ0) is 13.0. The summed E-state index contributed by atoms with van der Waals surface area (Å²) in [6.45, 7) is 1.27. The van der Waals surface area contributed by atoms with Crippen LogP contribution in [0.1, 0.15) is 12.5 Å². The number of benzene rings is 1. The summed E-state index contributed by atoms with van der Waals surface area (Å²) in [5.74, 6) is 0.0693. The predicted octanol–water partition coefficient (Wildman–Crippen LogP) is 2.24. The van der Waals surface area contributed by atoms with E-state index >= 15 is 0 Å². The second-order valence-corrected chi connectivity index (χ2v) is 3.20. The third-order valence-corrected chi connectivity index (χ3v) is 2.09. The fourth-order valence-corrected chi connectivity index (χ4v) is 1.29. The van der Waals surface area contributed by atoms with Gasteiger partial charge >= 0.3 is 5.69 Å². The quantitative estimate of drug-likeness (QED) is 0.592. The van der Waals surface area contributed by atoms with Gasteiger partial charge in [-0.05, 0) is 12.1 Å². The highest BCUT2D eigenvalue weighted by atomic mass is 16.6. The Kier molecular flexibility index (Phi) is 3.76. The summed E-state index contributed by atoms with van der Waals surface area (Å²) in [6.07, 6.45) is 1.14. The molecule has 0 radical (unpaired) electrons. The number of rotatable bonds is 4. The molecule has 1 rings (SSSR count). The van der Waals surface area contributed by atoms with Crippen LogP contribution in [-0.2, 0) is 0 Å². The maximum Gasteiger partial charge on any atom is 0.318 e. The second-order valence-electron chi connectivity index (χ2n) is 3.20. The molecular formula is C10H10N2O5. The van der Waals surface area contributed by atoms with Crippen LogP contribution in [-0.4, -0.2) is 17.0 Å². The van der Waals surface area contributed by atoms with Gasteiger partial charge in [0.05, 0.1) is 22.5 Å². The SMILES string of the molecule is COc1cccc(/C=C(/C)[N+](=O)[O-])c1[N+](=O)[O-]. The molecule has 0 bridgehead atoms. The van der Waals surface area contributed by atoms with Gasteiger partial charge in [0.25, 0.3) is 0 Å². The van der Waals surface area contributed by atoms with E-state index in [9.17, 15) is 20.2 Å². The van der Waals surface area contributed by atoms with Gasteiger partial charge in [-0.25, -0.2) is 0 Å². The summed E-state index contributed by atoms with van der Waals surface area (Å²) in [4.78, 5) is 20.1. The average molecular weight is 238 g/mol. The third-order valence-electron chi connectivity index (χ3n) is 2.09. The van der Waals surface area contributed by atoms with Crippen molar-refractivity contribution in [3.8, 4) is 5.75 Å². The van der Waals surface area contributed by atoms with Crippen LogP contribution in [0.2, 0.25) is 0 Å². The monoisotopic (exact) mass is 238 g/mol. The van der Waals surface area contributed by atoms with E-state index in [0.29, 0.717) is 0 Å². The maximum absolute atomic E-state index is 10.9. The molecule has 0 aliphatic heterocycles. The van der Waals surface area contributed by atoms with Crippen molar-refractivity contribution in [2.24, 2.45) is 0 Å². The topological polar surface area (TPSA) is 95.5 Å². The summed E-state index contributed by atoms with van der Waals surface area (Å²) < 4.78 is 4.85. The van der Waals surface area contributed by atoms with Crippen molar-refractivity contribution in [2.75, 3.05) is 7.11 Å². The highest BCUT2D eigenvalue weighted by Crippen LogP contribution is 2.31. The van der Waals surface area contributed by atoms with Gasteiger partial charge in [0.15, 0.2) is 5.75 Å². The smallest absolute Gasteiger partial charge is 0.318 e. The Morgan fingerprint density at radius 2 is 2.00 bits per heavy atom. The number of hydrogen-bond donors (Lipinski definition) is 0. The molecule has 90 valence electrons. The van der Waals surface area contributed by atoms with Crippen molar-refractivity contribution in [1.29, 1.82) is 0 Å². The predicted molar refractivity (Wildman–Crippen MR) is 60.3 cm³/mol. The molecule has 0 heterocycles. The molecule has 7 nitrogen and oxygen atoms in total. The Hall–Kier alpha value is -2.44. The zero-order valence-electron chi connectivity index (χ0n) is 9.25. The van der Waals surface area contributed by atoms with Gasteiger partial charge in [-0.15, -0.1) is 0 Å². The first-order chi connectivity index (χ1) is 7.97. The molecule has 0 aliphatic rings. The fourth-order valence-electron chi connectivity index (χ4n) is 1.29. The van der Waals surface area contributed by atoms with Crippen molar-refractivity contribution < 1.29 is 14.6 Å². The molecule has 0 saturated heterocycles. The van der Waals surface area contributed by atoms with E-state index in [1.54, 1.807) is 0 Å². The summed E-state index contributed by atoms with van der Waals surface area (Å²) in [5, 5.41) is 21.4. The molecule has 0 N–H and O–H groups in total. The fraction of sp³-hybridized carbons (Fsp3) is 0.200. The van der Waals surface area contributed by atoms with E-state index in [0.717, 1.165) is 6.08 Å². The lowest BCUT2D eigenvalue weighted by Gasteiger charge is -2.03. The molecule has 0 amide bonds. The van der Waals surface area contributed by atoms with E-state index in [4.69, 9.17) is 4.74 Å². The normalized spacial score (nSPS) is 11.1. The molecule has 17 heavy (non-hydrogen) atoms. The van der Waals surface area contributed by atoms with Gasteiger partial charge < -0.3 is 4.74 Å². The van der Waals surface area contributed by atoms with Gasteiger partial charge in [-0.2, -0.15) is 0 Å². The lowest BCUT2D eigenvalue weighted by atomic mass is 10.1. The third kappa shape index (κ3) is 2.77. The number of ether oxygens (including phenoxy) is 1. The molecule has 0 aliphatic carbocycles. The minimum atomic E-state index is -0.627. The highest BCUT2D eigenvalue weighted by Gasteiger charge is 2.20. The number of nitro groups is 2. The summed E-state index contributed by atoms with van der Waals surface area (Å²) in [6, 6.07) is 4.38.